The van der Waals surface area contributed by atoms with E-state index in [9.17, 15) is 0 Å². The zero-order valence-corrected chi connectivity index (χ0v) is 24.5. The number of rotatable bonds is 6. The van der Waals surface area contributed by atoms with E-state index in [-0.39, 0.29) is 0 Å². The van der Waals surface area contributed by atoms with Gasteiger partial charge in [-0.25, -0.2) is 9.35 Å². The van der Waals surface area contributed by atoms with Crippen molar-refractivity contribution in [3.8, 4) is 45.0 Å². The van der Waals surface area contributed by atoms with E-state index in [0.717, 1.165) is 66.6 Å². The maximum absolute atomic E-state index is 5.33. The first-order valence-corrected chi connectivity index (χ1v) is 15.9. The van der Waals surface area contributed by atoms with Crippen LogP contribution in [0.5, 0.6) is 0 Å². The molecule has 0 atom stereocenters. The van der Waals surface area contributed by atoms with Crippen LogP contribution in [0.4, 0.5) is 0 Å². The van der Waals surface area contributed by atoms with Gasteiger partial charge in [-0.15, -0.1) is 23.5 Å². The van der Waals surface area contributed by atoms with Gasteiger partial charge in [0.15, 0.2) is 10.1 Å². The van der Waals surface area contributed by atoms with Gasteiger partial charge in [-0.05, 0) is 24.3 Å². The summed E-state index contributed by atoms with van der Waals surface area (Å²) in [5, 5.41) is 12.5. The number of hydrogen-bond acceptors (Lipinski definition) is 4. The second-order valence-corrected chi connectivity index (χ2v) is 12.0. The van der Waals surface area contributed by atoms with Gasteiger partial charge in [-0.3, -0.25) is 0 Å². The minimum Gasteiger partial charge on any atom is -0.231 e. The van der Waals surface area contributed by atoms with E-state index >= 15 is 0 Å². The first kappa shape index (κ1) is 26.4. The van der Waals surface area contributed by atoms with Gasteiger partial charge < -0.3 is 0 Å². The summed E-state index contributed by atoms with van der Waals surface area (Å²) in [6.07, 6.45) is 0. The molecule has 6 heteroatoms. The summed E-state index contributed by atoms with van der Waals surface area (Å²) in [6.45, 7) is 0. The maximum atomic E-state index is 5.33. The van der Waals surface area contributed by atoms with Crippen molar-refractivity contribution in [2.24, 2.45) is 10.2 Å². The molecule has 0 spiro atoms. The summed E-state index contributed by atoms with van der Waals surface area (Å²) in [6, 6.07) is 50.5. The first-order chi connectivity index (χ1) is 20.8. The molecular formula is C36H28N4S2. The van der Waals surface area contributed by atoms with E-state index in [1.807, 2.05) is 24.3 Å². The van der Waals surface area contributed by atoms with Crippen LogP contribution in [0.15, 0.2) is 156 Å². The van der Waals surface area contributed by atoms with Gasteiger partial charge in [-0.1, -0.05) is 121 Å². The Labute approximate surface area is 254 Å². The lowest BCUT2D eigenvalue weighted by Gasteiger charge is -2.18. The van der Waals surface area contributed by atoms with E-state index in [4.69, 9.17) is 10.2 Å². The molecule has 1 saturated heterocycles. The normalized spacial score (nSPS) is 15.3. The lowest BCUT2D eigenvalue weighted by Crippen LogP contribution is -2.18. The van der Waals surface area contributed by atoms with E-state index < -0.39 is 0 Å². The average Bonchev–Trinajstić information content (AvgIpc) is 3.68. The van der Waals surface area contributed by atoms with E-state index in [1.54, 1.807) is 23.5 Å². The second-order valence-electron chi connectivity index (χ2n) is 9.80. The molecule has 4 aromatic carbocycles. The van der Waals surface area contributed by atoms with Crippen molar-refractivity contribution in [1.29, 1.82) is 0 Å². The zero-order valence-electron chi connectivity index (χ0n) is 22.9. The van der Waals surface area contributed by atoms with Gasteiger partial charge in [0, 0.05) is 33.8 Å². The molecule has 204 valence electrons. The van der Waals surface area contributed by atoms with E-state index in [2.05, 4.69) is 131 Å². The van der Waals surface area contributed by atoms with Crippen LogP contribution in [0.2, 0.25) is 0 Å². The third-order valence-electron chi connectivity index (χ3n) is 7.11. The van der Waals surface area contributed by atoms with Crippen molar-refractivity contribution in [1.82, 2.24) is 9.35 Å². The highest BCUT2D eigenvalue weighted by Gasteiger charge is 2.22. The highest BCUT2D eigenvalue weighted by Crippen LogP contribution is 2.33. The number of aromatic nitrogens is 2. The number of benzene rings is 4. The Kier molecular flexibility index (Phi) is 7.63. The Hall–Kier alpha value is -4.52. The van der Waals surface area contributed by atoms with Gasteiger partial charge in [0.2, 0.25) is 0 Å². The summed E-state index contributed by atoms with van der Waals surface area (Å²) >= 11 is 3.53. The van der Waals surface area contributed by atoms with Crippen molar-refractivity contribution in [3.63, 3.8) is 0 Å². The van der Waals surface area contributed by atoms with Crippen LogP contribution in [0, 0.1) is 0 Å². The van der Waals surface area contributed by atoms with Crippen LogP contribution < -0.4 is 0 Å². The highest BCUT2D eigenvalue weighted by atomic mass is 32.2. The second kappa shape index (κ2) is 12.1. The Morgan fingerprint density at radius 3 is 0.881 bits per heavy atom. The van der Waals surface area contributed by atoms with Crippen molar-refractivity contribution in [2.75, 3.05) is 11.5 Å². The molecule has 1 fully saturated rings. The predicted octanol–water partition coefficient (Wildman–Crippen LogP) is 9.46. The van der Waals surface area contributed by atoms with Gasteiger partial charge in [-0.2, -0.15) is 10.2 Å². The van der Waals surface area contributed by atoms with Gasteiger partial charge >= 0.3 is 0 Å². The standard InChI is InChI=1S/C36H28N4S2/c1-5-13-27(14-6-1)31-21-22-32(28-15-7-2-8-16-28)39(31)37-35-36(42-26-25-41-35)38-40-33(29-17-9-3-10-18-29)23-24-34(40)30-19-11-4-12-20-30/h1-24H,25-26H2. The van der Waals surface area contributed by atoms with Crippen molar-refractivity contribution in [3.05, 3.63) is 146 Å². The molecular weight excluding hydrogens is 553 g/mol. The lowest BCUT2D eigenvalue weighted by atomic mass is 10.2. The van der Waals surface area contributed by atoms with Gasteiger partial charge in [0.25, 0.3) is 0 Å². The monoisotopic (exact) mass is 580 g/mol. The molecule has 6 aromatic rings. The fourth-order valence-corrected chi connectivity index (χ4v) is 7.12. The number of hydrogen-bond donors (Lipinski definition) is 0. The quantitative estimate of drug-likeness (QED) is 0.197. The SMILES string of the molecule is c1ccc(-c2ccc(-c3ccccc3)n2N=C2SCCSC2=Nn2c(-c3ccccc3)ccc2-c2ccccc2)cc1. The van der Waals surface area contributed by atoms with Crippen molar-refractivity contribution in [2.45, 2.75) is 0 Å². The largest absolute Gasteiger partial charge is 0.231 e. The average molecular weight is 581 g/mol. The Bertz CT molecular complexity index is 1600. The molecule has 42 heavy (non-hydrogen) atoms. The van der Waals surface area contributed by atoms with Crippen LogP contribution in [0.3, 0.4) is 0 Å². The fraction of sp³-hybridized carbons (Fsp3) is 0.0556. The summed E-state index contributed by atoms with van der Waals surface area (Å²) in [5.41, 5.74) is 8.69. The van der Waals surface area contributed by atoms with Crippen LogP contribution in [0.25, 0.3) is 45.0 Å². The van der Waals surface area contributed by atoms with Crippen LogP contribution in [0.1, 0.15) is 0 Å². The van der Waals surface area contributed by atoms with Crippen LogP contribution in [-0.4, -0.2) is 30.9 Å². The Balaban J connectivity index is 1.40. The molecule has 0 saturated carbocycles. The minimum atomic E-state index is 0.920. The molecule has 0 radical (unpaired) electrons. The molecule has 0 amide bonds. The third kappa shape index (κ3) is 5.39. The summed E-state index contributed by atoms with van der Waals surface area (Å²) in [5.74, 6) is 1.96. The van der Waals surface area contributed by atoms with Gasteiger partial charge in [0.1, 0.15) is 0 Å². The predicted molar refractivity (Wildman–Crippen MR) is 181 cm³/mol. The fourth-order valence-electron chi connectivity index (χ4n) is 5.11. The molecule has 1 aliphatic rings. The maximum Gasteiger partial charge on any atom is 0.151 e. The smallest absolute Gasteiger partial charge is 0.151 e. The topological polar surface area (TPSA) is 34.6 Å². The molecule has 1 aliphatic heterocycles. The lowest BCUT2D eigenvalue weighted by molar-refractivity contribution is 0.903. The highest BCUT2D eigenvalue weighted by molar-refractivity contribution is 8.27. The minimum absolute atomic E-state index is 0.920. The molecule has 2 aromatic heterocycles. The van der Waals surface area contributed by atoms with E-state index in [1.165, 1.54) is 0 Å². The third-order valence-corrected chi connectivity index (χ3v) is 9.42. The molecule has 7 rings (SSSR count). The summed E-state index contributed by atoms with van der Waals surface area (Å²) in [7, 11) is 0. The molecule has 3 heterocycles. The Morgan fingerprint density at radius 1 is 0.357 bits per heavy atom. The van der Waals surface area contributed by atoms with Crippen LogP contribution >= 0.6 is 23.5 Å². The van der Waals surface area contributed by atoms with Crippen LogP contribution in [-0.2, 0) is 0 Å². The number of nitrogens with zero attached hydrogens (tertiary/aromatic N) is 4. The first-order valence-electron chi connectivity index (χ1n) is 13.9. The zero-order chi connectivity index (χ0) is 28.1. The Morgan fingerprint density at radius 2 is 0.619 bits per heavy atom. The van der Waals surface area contributed by atoms with Gasteiger partial charge in [0.05, 0.1) is 22.8 Å². The molecule has 0 bridgehead atoms. The summed E-state index contributed by atoms with van der Waals surface area (Å²) in [4.78, 5) is 0. The van der Waals surface area contributed by atoms with Crippen molar-refractivity contribution < 1.29 is 0 Å². The molecule has 4 nitrogen and oxygen atoms in total. The van der Waals surface area contributed by atoms with E-state index in [0.29, 0.717) is 0 Å². The molecule has 0 unspecified atom stereocenters. The molecule has 0 aliphatic carbocycles. The van der Waals surface area contributed by atoms with Crippen molar-refractivity contribution >= 4 is 33.6 Å². The number of thioether (sulfide) groups is 2. The molecule has 0 N–H and O–H groups in total. The summed E-state index contributed by atoms with van der Waals surface area (Å²) < 4.78 is 4.17.